The Bertz CT molecular complexity index is 1130. The van der Waals surface area contributed by atoms with E-state index in [0.29, 0.717) is 45.1 Å². The van der Waals surface area contributed by atoms with Crippen LogP contribution < -0.4 is 29.6 Å². The Hall–Kier alpha value is -3.79. The first-order chi connectivity index (χ1) is 15.1. The number of nitrogens with zero attached hydrogens (tertiary/aromatic N) is 1. The van der Waals surface area contributed by atoms with Gasteiger partial charge in [-0.05, 0) is 30.3 Å². The molecule has 0 aliphatic carbocycles. The van der Waals surface area contributed by atoms with E-state index < -0.39 is 0 Å². The molecule has 0 fully saturated rings. The van der Waals surface area contributed by atoms with Gasteiger partial charge >= 0.3 is 0 Å². The summed E-state index contributed by atoms with van der Waals surface area (Å²) in [6.45, 7) is 0.140. The Morgan fingerprint density at radius 3 is 2.71 bits per heavy atom. The highest BCUT2D eigenvalue weighted by Crippen LogP contribution is 2.33. The van der Waals surface area contributed by atoms with Crippen LogP contribution in [0.1, 0.15) is 16.1 Å². The molecule has 0 spiro atoms. The van der Waals surface area contributed by atoms with Gasteiger partial charge in [0.2, 0.25) is 12.7 Å². The number of benzene rings is 2. The summed E-state index contributed by atoms with van der Waals surface area (Å²) in [5, 5.41) is 7.64. The zero-order valence-corrected chi connectivity index (χ0v) is 17.6. The molecule has 0 unspecified atom stereocenters. The molecule has 1 aliphatic heterocycles. The molecule has 4 rings (SSSR count). The summed E-state index contributed by atoms with van der Waals surface area (Å²) in [7, 11) is 3.07. The molecular weight excluding hydrogens is 422 g/mol. The molecule has 0 bridgehead atoms. The molecule has 1 aliphatic rings. The molecule has 31 heavy (non-hydrogen) atoms. The summed E-state index contributed by atoms with van der Waals surface area (Å²) >= 11 is 1.24. The van der Waals surface area contributed by atoms with Crippen LogP contribution >= 0.6 is 11.3 Å². The van der Waals surface area contributed by atoms with E-state index in [1.165, 1.54) is 18.4 Å². The monoisotopic (exact) mass is 441 g/mol. The van der Waals surface area contributed by atoms with Crippen molar-refractivity contribution in [2.45, 2.75) is 6.42 Å². The molecule has 3 aromatic rings. The minimum Gasteiger partial charge on any atom is -0.497 e. The number of carbonyl (C=O) groups is 2. The standard InChI is InChI=1S/C21H19N3O6S/c1-27-14-4-5-15(17(9-14)28-2)23-19(25)8-13-10-31-21(22-13)24-20(26)12-3-6-16-18(7-12)30-11-29-16/h3-7,9-10H,8,11H2,1-2H3,(H,23,25)(H,22,24,26). The Labute approximate surface area is 181 Å². The van der Waals surface area contributed by atoms with Crippen molar-refractivity contribution in [3.63, 3.8) is 0 Å². The first-order valence-corrected chi connectivity index (χ1v) is 10.1. The van der Waals surface area contributed by atoms with Crippen LogP contribution in [0.2, 0.25) is 0 Å². The second kappa shape index (κ2) is 8.92. The number of amides is 2. The lowest BCUT2D eigenvalue weighted by Crippen LogP contribution is -2.15. The van der Waals surface area contributed by atoms with Gasteiger partial charge in [-0.3, -0.25) is 14.9 Å². The van der Waals surface area contributed by atoms with Gasteiger partial charge in [-0.2, -0.15) is 0 Å². The Morgan fingerprint density at radius 2 is 1.90 bits per heavy atom. The fourth-order valence-electron chi connectivity index (χ4n) is 2.91. The topological polar surface area (TPSA) is 108 Å². The van der Waals surface area contributed by atoms with E-state index in [1.54, 1.807) is 48.9 Å². The van der Waals surface area contributed by atoms with Crippen LogP contribution in [-0.2, 0) is 11.2 Å². The summed E-state index contributed by atoms with van der Waals surface area (Å²) in [5.41, 5.74) is 1.49. The van der Waals surface area contributed by atoms with Crippen molar-refractivity contribution in [3.8, 4) is 23.0 Å². The fraction of sp³-hybridized carbons (Fsp3) is 0.190. The first kappa shape index (κ1) is 20.5. The van der Waals surface area contributed by atoms with E-state index in [1.807, 2.05) is 0 Å². The highest BCUT2D eigenvalue weighted by Gasteiger charge is 2.17. The number of anilines is 2. The summed E-state index contributed by atoms with van der Waals surface area (Å²) < 4.78 is 21.0. The number of thiazole rings is 1. The molecule has 2 heterocycles. The quantitative estimate of drug-likeness (QED) is 0.579. The van der Waals surface area contributed by atoms with Crippen LogP contribution in [-0.4, -0.2) is 37.8 Å². The molecule has 0 saturated heterocycles. The van der Waals surface area contributed by atoms with Gasteiger partial charge < -0.3 is 24.3 Å². The van der Waals surface area contributed by atoms with Crippen molar-refractivity contribution < 1.29 is 28.5 Å². The molecule has 10 heteroatoms. The van der Waals surface area contributed by atoms with Crippen LogP contribution in [0, 0.1) is 0 Å². The number of rotatable bonds is 7. The third-order valence-electron chi connectivity index (χ3n) is 4.43. The van der Waals surface area contributed by atoms with Gasteiger partial charge in [0.15, 0.2) is 16.6 Å². The molecule has 0 atom stereocenters. The lowest BCUT2D eigenvalue weighted by Gasteiger charge is -2.11. The van der Waals surface area contributed by atoms with Gasteiger partial charge in [0.1, 0.15) is 11.5 Å². The predicted molar refractivity (Wildman–Crippen MR) is 115 cm³/mol. The van der Waals surface area contributed by atoms with Gasteiger partial charge in [0.25, 0.3) is 5.91 Å². The second-order valence-electron chi connectivity index (χ2n) is 6.46. The number of ether oxygens (including phenoxy) is 4. The average molecular weight is 441 g/mol. The van der Waals surface area contributed by atoms with Crippen molar-refractivity contribution in [2.75, 3.05) is 31.6 Å². The lowest BCUT2D eigenvalue weighted by atomic mass is 10.2. The summed E-state index contributed by atoms with van der Waals surface area (Å²) in [4.78, 5) is 29.2. The van der Waals surface area contributed by atoms with Crippen LogP contribution in [0.5, 0.6) is 23.0 Å². The zero-order chi connectivity index (χ0) is 21.8. The molecular formula is C21H19N3O6S. The molecule has 2 aromatic carbocycles. The third-order valence-corrected chi connectivity index (χ3v) is 5.24. The third kappa shape index (κ3) is 4.69. The van der Waals surface area contributed by atoms with E-state index in [4.69, 9.17) is 18.9 Å². The summed E-state index contributed by atoms with van der Waals surface area (Å²) in [5.74, 6) is 1.65. The van der Waals surface area contributed by atoms with Crippen molar-refractivity contribution in [2.24, 2.45) is 0 Å². The lowest BCUT2D eigenvalue weighted by molar-refractivity contribution is -0.115. The van der Waals surface area contributed by atoms with Crippen molar-refractivity contribution in [3.05, 3.63) is 53.0 Å². The van der Waals surface area contributed by atoms with Crippen LogP contribution in [0.25, 0.3) is 0 Å². The minimum absolute atomic E-state index is 0.0472. The molecule has 2 amide bonds. The van der Waals surface area contributed by atoms with Gasteiger partial charge in [-0.15, -0.1) is 11.3 Å². The Balaban J connectivity index is 1.36. The van der Waals surface area contributed by atoms with E-state index in [-0.39, 0.29) is 25.0 Å². The van der Waals surface area contributed by atoms with E-state index in [0.717, 1.165) is 0 Å². The number of fused-ring (bicyclic) bond motifs is 1. The molecule has 0 saturated carbocycles. The number of methoxy groups -OCH3 is 2. The largest absolute Gasteiger partial charge is 0.497 e. The fourth-order valence-corrected chi connectivity index (χ4v) is 3.62. The second-order valence-corrected chi connectivity index (χ2v) is 7.32. The molecule has 160 valence electrons. The van der Waals surface area contributed by atoms with Crippen molar-refractivity contribution in [1.29, 1.82) is 0 Å². The maximum absolute atomic E-state index is 12.5. The van der Waals surface area contributed by atoms with Gasteiger partial charge in [-0.1, -0.05) is 0 Å². The predicted octanol–water partition coefficient (Wildman–Crippen LogP) is 3.32. The van der Waals surface area contributed by atoms with Crippen molar-refractivity contribution in [1.82, 2.24) is 4.98 Å². The van der Waals surface area contributed by atoms with Gasteiger partial charge in [0.05, 0.1) is 32.0 Å². The number of hydrogen-bond acceptors (Lipinski definition) is 8. The van der Waals surface area contributed by atoms with E-state index in [9.17, 15) is 9.59 Å². The first-order valence-electron chi connectivity index (χ1n) is 9.23. The summed E-state index contributed by atoms with van der Waals surface area (Å²) in [6.07, 6.45) is 0.0472. The molecule has 9 nitrogen and oxygen atoms in total. The highest BCUT2D eigenvalue weighted by molar-refractivity contribution is 7.14. The van der Waals surface area contributed by atoms with Crippen molar-refractivity contribution >= 4 is 34.0 Å². The van der Waals surface area contributed by atoms with Crippen LogP contribution in [0.3, 0.4) is 0 Å². The van der Waals surface area contributed by atoms with E-state index >= 15 is 0 Å². The van der Waals surface area contributed by atoms with Gasteiger partial charge in [0, 0.05) is 17.0 Å². The minimum atomic E-state index is -0.327. The number of aromatic nitrogens is 1. The normalized spacial score (nSPS) is 11.7. The maximum Gasteiger partial charge on any atom is 0.257 e. The SMILES string of the molecule is COc1ccc(NC(=O)Cc2csc(NC(=O)c3ccc4c(c3)OCO4)n2)c(OC)c1. The van der Waals surface area contributed by atoms with E-state index in [2.05, 4.69) is 15.6 Å². The van der Waals surface area contributed by atoms with Crippen LogP contribution in [0.15, 0.2) is 41.8 Å². The van der Waals surface area contributed by atoms with Gasteiger partial charge in [-0.25, -0.2) is 4.98 Å². The van der Waals surface area contributed by atoms with Crippen LogP contribution in [0.4, 0.5) is 10.8 Å². The Kier molecular flexibility index (Phi) is 5.89. The Morgan fingerprint density at radius 1 is 1.06 bits per heavy atom. The number of carbonyl (C=O) groups excluding carboxylic acids is 2. The zero-order valence-electron chi connectivity index (χ0n) is 16.8. The average Bonchev–Trinajstić information content (AvgIpc) is 3.42. The number of nitrogens with one attached hydrogen (secondary N) is 2. The molecule has 2 N–H and O–H groups in total. The highest BCUT2D eigenvalue weighted by atomic mass is 32.1. The molecule has 1 aromatic heterocycles. The molecule has 0 radical (unpaired) electrons. The maximum atomic E-state index is 12.5. The summed E-state index contributed by atoms with van der Waals surface area (Å²) in [6, 6.07) is 10.1. The smallest absolute Gasteiger partial charge is 0.257 e. The number of hydrogen-bond donors (Lipinski definition) is 2.